The van der Waals surface area contributed by atoms with Gasteiger partial charge in [-0.15, -0.1) is 0 Å². The van der Waals surface area contributed by atoms with E-state index in [0.717, 1.165) is 16.7 Å². The van der Waals surface area contributed by atoms with Crippen molar-refractivity contribution in [2.24, 2.45) is 5.10 Å². The van der Waals surface area contributed by atoms with Crippen LogP contribution in [0.3, 0.4) is 0 Å². The molecule has 192 valence electrons. The molecular formula is C27H27IN4O5. The summed E-state index contributed by atoms with van der Waals surface area (Å²) in [7, 11) is 1.48. The number of amides is 3. The van der Waals surface area contributed by atoms with Crippen molar-refractivity contribution in [3.8, 4) is 11.5 Å². The lowest BCUT2D eigenvalue weighted by atomic mass is 10.1. The van der Waals surface area contributed by atoms with Gasteiger partial charge >= 0.3 is 11.8 Å². The number of carbonyl (C=O) groups is 3. The minimum atomic E-state index is -0.903. The van der Waals surface area contributed by atoms with Crippen LogP contribution in [-0.4, -0.2) is 37.7 Å². The third kappa shape index (κ3) is 7.53. The van der Waals surface area contributed by atoms with Gasteiger partial charge in [0.2, 0.25) is 0 Å². The van der Waals surface area contributed by atoms with Crippen LogP contribution in [0.4, 0.5) is 11.4 Å². The number of anilines is 2. The fraction of sp³-hybridized carbons (Fsp3) is 0.185. The third-order valence-electron chi connectivity index (χ3n) is 5.32. The molecule has 0 saturated heterocycles. The Balaban J connectivity index is 1.60. The van der Waals surface area contributed by atoms with Crippen LogP contribution in [0.2, 0.25) is 0 Å². The first kappa shape index (κ1) is 27.7. The van der Waals surface area contributed by atoms with Crippen LogP contribution in [-0.2, 0) is 14.4 Å². The van der Waals surface area contributed by atoms with Crippen molar-refractivity contribution >= 4 is 57.9 Å². The second kappa shape index (κ2) is 12.9. The zero-order valence-corrected chi connectivity index (χ0v) is 23.0. The molecule has 0 fully saturated rings. The lowest BCUT2D eigenvalue weighted by Crippen LogP contribution is -2.32. The molecule has 0 atom stereocenters. The summed E-state index contributed by atoms with van der Waals surface area (Å²) in [6, 6.07) is 16.4. The Labute approximate surface area is 228 Å². The standard InChI is InChI=1S/C27H27IN4O5/c1-16-8-5-6-11-21(16)30-23(33)15-37-25-20(28)12-19(13-22(25)36-4)14-29-32-27(35)26(34)31-24-17(2)9-7-10-18(24)3/h5-14H,15H2,1-4H3,(H,30,33)(H,31,34)(H,32,35)/b29-14-. The Kier molecular flexibility index (Phi) is 9.61. The zero-order chi connectivity index (χ0) is 26.9. The predicted molar refractivity (Wildman–Crippen MR) is 151 cm³/mol. The van der Waals surface area contributed by atoms with Crippen LogP contribution in [0.15, 0.2) is 59.7 Å². The van der Waals surface area contributed by atoms with Gasteiger partial charge in [-0.2, -0.15) is 5.10 Å². The molecule has 0 aliphatic carbocycles. The van der Waals surface area contributed by atoms with Gasteiger partial charge in [0, 0.05) is 11.4 Å². The second-order valence-corrected chi connectivity index (χ2v) is 9.27. The fourth-order valence-electron chi connectivity index (χ4n) is 3.39. The SMILES string of the molecule is COc1cc(/C=N\NC(=O)C(=O)Nc2c(C)cccc2C)cc(I)c1OCC(=O)Nc1ccccc1C. The Hall–Kier alpha value is -3.93. The number of benzene rings is 3. The summed E-state index contributed by atoms with van der Waals surface area (Å²) in [5, 5.41) is 9.30. The number of nitrogens with one attached hydrogen (secondary N) is 3. The average molecular weight is 614 g/mol. The van der Waals surface area contributed by atoms with E-state index in [0.29, 0.717) is 32.0 Å². The van der Waals surface area contributed by atoms with Crippen molar-refractivity contribution in [3.63, 3.8) is 0 Å². The first-order valence-corrected chi connectivity index (χ1v) is 12.3. The molecule has 0 bridgehead atoms. The van der Waals surface area contributed by atoms with Crippen molar-refractivity contribution < 1.29 is 23.9 Å². The summed E-state index contributed by atoms with van der Waals surface area (Å²) >= 11 is 2.06. The highest BCUT2D eigenvalue weighted by Gasteiger charge is 2.16. The van der Waals surface area contributed by atoms with E-state index in [1.807, 2.05) is 63.2 Å². The molecule has 0 aliphatic rings. The van der Waals surface area contributed by atoms with Crippen LogP contribution in [0.1, 0.15) is 22.3 Å². The molecule has 0 aliphatic heterocycles. The van der Waals surface area contributed by atoms with E-state index in [2.05, 4.69) is 43.8 Å². The molecule has 0 radical (unpaired) electrons. The number of nitrogens with zero attached hydrogens (tertiary/aromatic N) is 1. The topological polar surface area (TPSA) is 118 Å². The van der Waals surface area contributed by atoms with Gasteiger partial charge in [0.05, 0.1) is 16.9 Å². The van der Waals surface area contributed by atoms with Crippen LogP contribution in [0.5, 0.6) is 11.5 Å². The van der Waals surface area contributed by atoms with Gasteiger partial charge in [-0.25, -0.2) is 5.43 Å². The van der Waals surface area contributed by atoms with Crippen molar-refractivity contribution in [1.82, 2.24) is 5.43 Å². The van der Waals surface area contributed by atoms with Crippen molar-refractivity contribution in [2.75, 3.05) is 24.4 Å². The van der Waals surface area contributed by atoms with E-state index < -0.39 is 11.8 Å². The maximum absolute atomic E-state index is 12.4. The van der Waals surface area contributed by atoms with Crippen LogP contribution in [0, 0.1) is 24.3 Å². The first-order valence-electron chi connectivity index (χ1n) is 11.3. The lowest BCUT2D eigenvalue weighted by molar-refractivity contribution is -0.136. The van der Waals surface area contributed by atoms with Crippen molar-refractivity contribution in [3.05, 3.63) is 80.4 Å². The minimum absolute atomic E-state index is 0.209. The monoisotopic (exact) mass is 614 g/mol. The van der Waals surface area contributed by atoms with Gasteiger partial charge in [-0.3, -0.25) is 14.4 Å². The number of carbonyl (C=O) groups excluding carboxylic acids is 3. The quantitative estimate of drug-likeness (QED) is 0.151. The number of para-hydroxylation sites is 2. The highest BCUT2D eigenvalue weighted by molar-refractivity contribution is 14.1. The highest BCUT2D eigenvalue weighted by atomic mass is 127. The second-order valence-electron chi connectivity index (χ2n) is 8.11. The van der Waals surface area contributed by atoms with Gasteiger partial charge in [0.15, 0.2) is 18.1 Å². The molecule has 3 amide bonds. The molecule has 3 N–H and O–H groups in total. The van der Waals surface area contributed by atoms with Crippen LogP contribution >= 0.6 is 22.6 Å². The Morgan fingerprint density at radius 1 is 0.919 bits per heavy atom. The van der Waals surface area contributed by atoms with E-state index >= 15 is 0 Å². The summed E-state index contributed by atoms with van der Waals surface area (Å²) in [6.07, 6.45) is 1.38. The van der Waals surface area contributed by atoms with Crippen molar-refractivity contribution in [2.45, 2.75) is 20.8 Å². The number of hydrogen-bond acceptors (Lipinski definition) is 6. The Morgan fingerprint density at radius 3 is 2.27 bits per heavy atom. The largest absolute Gasteiger partial charge is 0.493 e. The number of hydrazone groups is 1. The predicted octanol–water partition coefficient (Wildman–Crippen LogP) is 4.33. The number of aryl methyl sites for hydroxylation is 3. The molecule has 0 unspecified atom stereocenters. The normalized spacial score (nSPS) is 10.6. The maximum Gasteiger partial charge on any atom is 0.329 e. The summed E-state index contributed by atoms with van der Waals surface area (Å²) in [5.74, 6) is -1.25. The molecule has 10 heteroatoms. The smallest absolute Gasteiger partial charge is 0.329 e. The molecule has 3 rings (SSSR count). The van der Waals surface area contributed by atoms with E-state index in [-0.39, 0.29) is 12.5 Å². The zero-order valence-electron chi connectivity index (χ0n) is 20.8. The van der Waals surface area contributed by atoms with Crippen LogP contribution in [0.25, 0.3) is 0 Å². The number of halogens is 1. The Bertz CT molecular complexity index is 1340. The van der Waals surface area contributed by atoms with Gasteiger partial charge in [0.25, 0.3) is 5.91 Å². The lowest BCUT2D eigenvalue weighted by Gasteiger charge is -2.14. The highest BCUT2D eigenvalue weighted by Crippen LogP contribution is 2.33. The molecule has 3 aromatic carbocycles. The maximum atomic E-state index is 12.4. The summed E-state index contributed by atoms with van der Waals surface area (Å²) in [5.41, 5.74) is 6.76. The van der Waals surface area contributed by atoms with E-state index in [1.165, 1.54) is 13.3 Å². The van der Waals surface area contributed by atoms with Gasteiger partial charge in [-0.05, 0) is 83.8 Å². The number of methoxy groups -OCH3 is 1. The molecule has 9 nitrogen and oxygen atoms in total. The third-order valence-corrected chi connectivity index (χ3v) is 6.13. The molecule has 37 heavy (non-hydrogen) atoms. The summed E-state index contributed by atoms with van der Waals surface area (Å²) in [4.78, 5) is 36.8. The van der Waals surface area contributed by atoms with Crippen LogP contribution < -0.4 is 25.5 Å². The molecule has 0 spiro atoms. The Morgan fingerprint density at radius 2 is 1.59 bits per heavy atom. The van der Waals surface area contributed by atoms with E-state index in [1.54, 1.807) is 12.1 Å². The number of ether oxygens (including phenoxy) is 2. The van der Waals surface area contributed by atoms with Gasteiger partial charge < -0.3 is 20.1 Å². The molecule has 0 aromatic heterocycles. The molecule has 0 heterocycles. The van der Waals surface area contributed by atoms with Crippen molar-refractivity contribution in [1.29, 1.82) is 0 Å². The fourth-order valence-corrected chi connectivity index (χ4v) is 4.17. The number of hydrogen-bond donors (Lipinski definition) is 3. The number of rotatable bonds is 8. The van der Waals surface area contributed by atoms with Gasteiger partial charge in [-0.1, -0.05) is 36.4 Å². The minimum Gasteiger partial charge on any atom is -0.493 e. The summed E-state index contributed by atoms with van der Waals surface area (Å²) in [6.45, 7) is 5.39. The van der Waals surface area contributed by atoms with E-state index in [4.69, 9.17) is 9.47 Å². The molecule has 3 aromatic rings. The molecular weight excluding hydrogens is 587 g/mol. The molecule has 0 saturated carbocycles. The average Bonchev–Trinajstić information content (AvgIpc) is 2.86. The van der Waals surface area contributed by atoms with E-state index in [9.17, 15) is 14.4 Å². The first-order chi connectivity index (χ1) is 17.7. The summed E-state index contributed by atoms with van der Waals surface area (Å²) < 4.78 is 11.8. The van der Waals surface area contributed by atoms with Gasteiger partial charge in [0.1, 0.15) is 0 Å².